The summed E-state index contributed by atoms with van der Waals surface area (Å²) in [5.41, 5.74) is 2.95. The van der Waals surface area contributed by atoms with Gasteiger partial charge in [0.15, 0.2) is 5.82 Å². The summed E-state index contributed by atoms with van der Waals surface area (Å²) in [5, 5.41) is 0.490. The van der Waals surface area contributed by atoms with Gasteiger partial charge in [-0.05, 0) is 54.1 Å². The summed E-state index contributed by atoms with van der Waals surface area (Å²) in [6.45, 7) is 2.94. The first-order valence-corrected chi connectivity index (χ1v) is 12.3. The van der Waals surface area contributed by atoms with E-state index in [2.05, 4.69) is 38.5 Å². The van der Waals surface area contributed by atoms with E-state index in [4.69, 9.17) is 9.47 Å². The summed E-state index contributed by atoms with van der Waals surface area (Å²) < 4.78 is 15.5. The Kier molecular flexibility index (Phi) is 6.90. The molecule has 5 rings (SSSR count). The largest absolute Gasteiger partial charge is 0.497 e. The molecule has 7 nitrogen and oxygen atoms in total. The van der Waals surface area contributed by atoms with Crippen LogP contribution in [0.25, 0.3) is 0 Å². The second-order valence-corrected chi connectivity index (χ2v) is 8.96. The molecule has 2 heterocycles. The Balaban J connectivity index is 1.14. The first-order chi connectivity index (χ1) is 17.2. The van der Waals surface area contributed by atoms with E-state index in [1.54, 1.807) is 31.4 Å². The number of ether oxygens (including phenoxy) is 2. The molecule has 0 unspecified atom stereocenters. The van der Waals surface area contributed by atoms with Gasteiger partial charge in [0.2, 0.25) is 0 Å². The Bertz CT molecular complexity index is 1250. The van der Waals surface area contributed by atoms with Gasteiger partial charge < -0.3 is 19.3 Å². The number of hydrogen-bond donors (Lipinski definition) is 0. The van der Waals surface area contributed by atoms with Gasteiger partial charge in [-0.15, -0.1) is 0 Å². The van der Waals surface area contributed by atoms with E-state index in [1.807, 2.05) is 35.2 Å². The third-order valence-electron chi connectivity index (χ3n) is 5.97. The van der Waals surface area contributed by atoms with E-state index in [1.165, 1.54) is 11.5 Å². The maximum atomic E-state index is 13.0. The predicted octanol–water partition coefficient (Wildman–Crippen LogP) is 4.89. The number of aromatic nitrogens is 2. The van der Waals surface area contributed by atoms with Crippen LogP contribution in [-0.2, 0) is 6.42 Å². The van der Waals surface area contributed by atoms with Crippen LogP contribution in [0.5, 0.6) is 16.7 Å². The summed E-state index contributed by atoms with van der Waals surface area (Å²) in [6.07, 6.45) is 0.667. The first-order valence-electron chi connectivity index (χ1n) is 11.5. The predicted molar refractivity (Wildman–Crippen MR) is 137 cm³/mol. The molecule has 1 aromatic heterocycles. The molecular weight excluding hydrogens is 460 g/mol. The van der Waals surface area contributed by atoms with Crippen molar-refractivity contribution in [1.29, 1.82) is 0 Å². The van der Waals surface area contributed by atoms with Gasteiger partial charge in [0, 0.05) is 55.4 Å². The van der Waals surface area contributed by atoms with Crippen molar-refractivity contribution < 1.29 is 14.3 Å². The Morgan fingerprint density at radius 1 is 0.886 bits per heavy atom. The molecule has 0 bridgehead atoms. The Morgan fingerprint density at radius 3 is 2.26 bits per heavy atom. The highest BCUT2D eigenvalue weighted by molar-refractivity contribution is 7.07. The van der Waals surface area contributed by atoms with E-state index in [0.29, 0.717) is 36.0 Å². The molecule has 1 saturated heterocycles. The fourth-order valence-electron chi connectivity index (χ4n) is 4.04. The highest BCUT2D eigenvalue weighted by Gasteiger charge is 2.22. The molecule has 0 spiro atoms. The summed E-state index contributed by atoms with van der Waals surface area (Å²) in [7, 11) is 1.66. The van der Waals surface area contributed by atoms with Gasteiger partial charge >= 0.3 is 0 Å². The molecule has 0 N–H and O–H groups in total. The minimum atomic E-state index is 0.0343. The highest BCUT2D eigenvalue weighted by atomic mass is 32.1. The maximum Gasteiger partial charge on any atom is 0.298 e. The van der Waals surface area contributed by atoms with E-state index in [-0.39, 0.29) is 5.91 Å². The van der Waals surface area contributed by atoms with Crippen LogP contribution >= 0.6 is 11.5 Å². The third-order valence-corrected chi connectivity index (χ3v) is 6.60. The molecule has 3 aromatic carbocycles. The molecule has 0 radical (unpaired) electrons. The van der Waals surface area contributed by atoms with Crippen LogP contribution in [0.3, 0.4) is 0 Å². The van der Waals surface area contributed by atoms with Crippen LogP contribution in [0.1, 0.15) is 21.7 Å². The number of amides is 1. The number of carbonyl (C=O) groups excluding carboxylic acids is 1. The van der Waals surface area contributed by atoms with E-state index < -0.39 is 0 Å². The monoisotopic (exact) mass is 486 g/mol. The zero-order chi connectivity index (χ0) is 24.0. The minimum absolute atomic E-state index is 0.0343. The quantitative estimate of drug-likeness (QED) is 0.370. The van der Waals surface area contributed by atoms with Gasteiger partial charge in [0.1, 0.15) is 11.5 Å². The fraction of sp³-hybridized carbons (Fsp3) is 0.222. The van der Waals surface area contributed by atoms with Crippen molar-refractivity contribution in [2.24, 2.45) is 0 Å². The van der Waals surface area contributed by atoms with Crippen LogP contribution in [-0.4, -0.2) is 53.5 Å². The van der Waals surface area contributed by atoms with Gasteiger partial charge in [-0.25, -0.2) is 0 Å². The Labute approximate surface area is 208 Å². The zero-order valence-electron chi connectivity index (χ0n) is 19.5. The molecule has 1 aliphatic rings. The SMILES string of the molecule is COc1ccc(N2CCN(C(=O)c3ccc(Oc4nc(Cc5ccccc5)ns4)cc3)CC2)cc1. The lowest BCUT2D eigenvalue weighted by atomic mass is 10.1. The normalized spacial score (nSPS) is 13.5. The molecule has 4 aromatic rings. The maximum absolute atomic E-state index is 13.0. The molecule has 1 fully saturated rings. The molecule has 1 aliphatic heterocycles. The average molecular weight is 487 g/mol. The molecule has 35 heavy (non-hydrogen) atoms. The van der Waals surface area contributed by atoms with Crippen molar-refractivity contribution in [1.82, 2.24) is 14.3 Å². The lowest BCUT2D eigenvalue weighted by Crippen LogP contribution is -2.48. The van der Waals surface area contributed by atoms with E-state index in [9.17, 15) is 4.79 Å². The third kappa shape index (κ3) is 5.60. The molecule has 0 atom stereocenters. The van der Waals surface area contributed by atoms with Gasteiger partial charge in [-0.1, -0.05) is 30.3 Å². The van der Waals surface area contributed by atoms with Crippen molar-refractivity contribution in [3.63, 3.8) is 0 Å². The second kappa shape index (κ2) is 10.6. The average Bonchev–Trinajstić information content (AvgIpc) is 3.36. The first kappa shape index (κ1) is 22.9. The van der Waals surface area contributed by atoms with Gasteiger partial charge in [-0.3, -0.25) is 4.79 Å². The molecule has 0 saturated carbocycles. The second-order valence-electron chi connectivity index (χ2n) is 8.24. The number of rotatable bonds is 7. The van der Waals surface area contributed by atoms with Crippen LogP contribution in [0.2, 0.25) is 0 Å². The lowest BCUT2D eigenvalue weighted by Gasteiger charge is -2.36. The summed E-state index contributed by atoms with van der Waals surface area (Å²) in [6, 6.07) is 25.3. The van der Waals surface area contributed by atoms with Crippen molar-refractivity contribution in [2.75, 3.05) is 38.2 Å². The minimum Gasteiger partial charge on any atom is -0.497 e. The van der Waals surface area contributed by atoms with E-state index in [0.717, 1.165) is 35.9 Å². The molecule has 8 heteroatoms. The van der Waals surface area contributed by atoms with E-state index >= 15 is 0 Å². The number of nitrogens with zero attached hydrogens (tertiary/aromatic N) is 4. The summed E-state index contributed by atoms with van der Waals surface area (Å²) in [5.74, 6) is 2.24. The standard InChI is InChI=1S/C27H26N4O3S/c1-33-23-13-9-22(10-14-23)30-15-17-31(18-16-30)26(32)21-7-11-24(12-8-21)34-27-28-25(29-35-27)19-20-5-3-2-4-6-20/h2-14H,15-19H2,1H3. The highest BCUT2D eigenvalue weighted by Crippen LogP contribution is 2.25. The molecular formula is C27H26N4O3S. The molecule has 0 aliphatic carbocycles. The molecule has 1 amide bonds. The Hall–Kier alpha value is -3.91. The van der Waals surface area contributed by atoms with Crippen LogP contribution in [0.4, 0.5) is 5.69 Å². The topological polar surface area (TPSA) is 67.8 Å². The zero-order valence-corrected chi connectivity index (χ0v) is 20.3. The summed E-state index contributed by atoms with van der Waals surface area (Å²) in [4.78, 5) is 21.7. The van der Waals surface area contributed by atoms with Crippen molar-refractivity contribution >= 4 is 23.1 Å². The lowest BCUT2D eigenvalue weighted by molar-refractivity contribution is 0.0747. The van der Waals surface area contributed by atoms with Crippen LogP contribution in [0.15, 0.2) is 78.9 Å². The smallest absolute Gasteiger partial charge is 0.298 e. The number of anilines is 1. The summed E-state index contributed by atoms with van der Waals surface area (Å²) >= 11 is 1.23. The van der Waals surface area contributed by atoms with Crippen LogP contribution in [0, 0.1) is 0 Å². The number of piperazine rings is 1. The van der Waals surface area contributed by atoms with Gasteiger partial charge in [0.05, 0.1) is 7.11 Å². The van der Waals surface area contributed by atoms with Crippen molar-refractivity contribution in [3.05, 3.63) is 95.8 Å². The van der Waals surface area contributed by atoms with Gasteiger partial charge in [-0.2, -0.15) is 9.36 Å². The van der Waals surface area contributed by atoms with Gasteiger partial charge in [0.25, 0.3) is 11.1 Å². The Morgan fingerprint density at radius 2 is 1.57 bits per heavy atom. The fourth-order valence-corrected chi connectivity index (χ4v) is 4.61. The van der Waals surface area contributed by atoms with Crippen LogP contribution < -0.4 is 14.4 Å². The number of hydrogen-bond acceptors (Lipinski definition) is 7. The number of benzene rings is 3. The number of methoxy groups -OCH3 is 1. The van der Waals surface area contributed by atoms with Crippen molar-refractivity contribution in [3.8, 4) is 16.7 Å². The van der Waals surface area contributed by atoms with Crippen molar-refractivity contribution in [2.45, 2.75) is 6.42 Å². The number of carbonyl (C=O) groups is 1. The molecule has 178 valence electrons.